The van der Waals surface area contributed by atoms with Crippen LogP contribution in [0.15, 0.2) is 54.2 Å². The van der Waals surface area contributed by atoms with Crippen molar-refractivity contribution in [1.82, 2.24) is 4.98 Å². The molecule has 0 radical (unpaired) electrons. The van der Waals surface area contributed by atoms with Crippen molar-refractivity contribution in [1.29, 1.82) is 0 Å². The highest BCUT2D eigenvalue weighted by Crippen LogP contribution is 2.20. The van der Waals surface area contributed by atoms with Gasteiger partial charge in [0, 0.05) is 24.0 Å². The number of allylic oxidation sites excluding steroid dienone is 1. The van der Waals surface area contributed by atoms with Crippen molar-refractivity contribution in [2.45, 2.75) is 39.0 Å². The fourth-order valence-corrected chi connectivity index (χ4v) is 3.16. The maximum Gasteiger partial charge on any atom is 0.255 e. The first-order valence-corrected chi connectivity index (χ1v) is 9.66. The van der Waals surface area contributed by atoms with Crippen LogP contribution in [0.2, 0.25) is 0 Å². The van der Waals surface area contributed by atoms with E-state index in [2.05, 4.69) is 21.7 Å². The summed E-state index contributed by atoms with van der Waals surface area (Å²) in [6.45, 7) is 3.40. The number of hydrogen-bond donors (Lipinski definition) is 2. The third-order valence-corrected chi connectivity index (χ3v) is 4.58. The lowest BCUT2D eigenvalue weighted by atomic mass is 9.97. The Labute approximate surface area is 160 Å². The third-order valence-electron chi connectivity index (χ3n) is 4.58. The van der Waals surface area contributed by atoms with Gasteiger partial charge in [0.2, 0.25) is 0 Å². The average molecular weight is 365 g/mol. The highest BCUT2D eigenvalue weighted by Gasteiger charge is 2.08. The Kier molecular flexibility index (Phi) is 6.85. The number of nitrogens with zero attached hydrogens (tertiary/aromatic N) is 1. The number of amides is 1. The standard InChI is InChI=1S/C22H27N3O2/c1-2-27-20-10-8-19(9-11-20)25-22(26)18-13-15-24-21(16-18)23-14-12-17-6-4-3-5-7-17/h6,8-11,13,15-16H,2-5,7,12,14H2,1H3,(H,23,24)(H,25,26). The average Bonchev–Trinajstić information content (AvgIpc) is 2.71. The zero-order chi connectivity index (χ0) is 18.9. The molecule has 0 spiro atoms. The zero-order valence-corrected chi connectivity index (χ0v) is 15.8. The maximum atomic E-state index is 12.5. The number of hydrogen-bond acceptors (Lipinski definition) is 4. The Bertz CT molecular complexity index is 784. The number of pyridine rings is 1. The summed E-state index contributed by atoms with van der Waals surface area (Å²) in [5, 5.41) is 6.23. The van der Waals surface area contributed by atoms with Crippen LogP contribution >= 0.6 is 0 Å². The van der Waals surface area contributed by atoms with Crippen LogP contribution in [0, 0.1) is 0 Å². The van der Waals surface area contributed by atoms with Crippen molar-refractivity contribution >= 4 is 17.4 Å². The molecule has 5 nitrogen and oxygen atoms in total. The van der Waals surface area contributed by atoms with E-state index < -0.39 is 0 Å². The largest absolute Gasteiger partial charge is 0.494 e. The van der Waals surface area contributed by atoms with E-state index in [1.807, 2.05) is 31.2 Å². The number of carbonyl (C=O) groups excluding carboxylic acids is 1. The van der Waals surface area contributed by atoms with E-state index in [4.69, 9.17) is 4.74 Å². The minimum absolute atomic E-state index is 0.153. The van der Waals surface area contributed by atoms with Gasteiger partial charge in [-0.3, -0.25) is 4.79 Å². The normalized spacial score (nSPS) is 13.6. The summed E-state index contributed by atoms with van der Waals surface area (Å²) in [6.07, 6.45) is 10.1. The molecule has 0 atom stereocenters. The van der Waals surface area contributed by atoms with Crippen molar-refractivity contribution in [3.63, 3.8) is 0 Å². The van der Waals surface area contributed by atoms with Crippen LogP contribution in [-0.4, -0.2) is 24.0 Å². The molecular weight excluding hydrogens is 338 g/mol. The first kappa shape index (κ1) is 19.0. The number of ether oxygens (including phenoxy) is 1. The minimum atomic E-state index is -0.153. The number of nitrogens with one attached hydrogen (secondary N) is 2. The van der Waals surface area contributed by atoms with E-state index in [1.54, 1.807) is 18.3 Å². The van der Waals surface area contributed by atoms with Gasteiger partial charge in [0.25, 0.3) is 5.91 Å². The van der Waals surface area contributed by atoms with Gasteiger partial charge < -0.3 is 15.4 Å². The first-order valence-electron chi connectivity index (χ1n) is 9.66. The molecule has 2 N–H and O–H groups in total. The number of rotatable bonds is 8. The molecule has 5 heteroatoms. The van der Waals surface area contributed by atoms with Gasteiger partial charge in [-0.25, -0.2) is 4.98 Å². The summed E-state index contributed by atoms with van der Waals surface area (Å²) in [6, 6.07) is 10.9. The van der Waals surface area contributed by atoms with E-state index in [-0.39, 0.29) is 5.91 Å². The molecule has 0 saturated carbocycles. The van der Waals surface area contributed by atoms with Crippen LogP contribution in [-0.2, 0) is 0 Å². The third kappa shape index (κ3) is 5.84. The van der Waals surface area contributed by atoms with Gasteiger partial charge in [-0.15, -0.1) is 0 Å². The Morgan fingerprint density at radius 1 is 1.19 bits per heavy atom. The van der Waals surface area contributed by atoms with Crippen LogP contribution in [0.25, 0.3) is 0 Å². The monoisotopic (exact) mass is 365 g/mol. The number of anilines is 2. The van der Waals surface area contributed by atoms with Crippen molar-refractivity contribution in [2.75, 3.05) is 23.8 Å². The Hall–Kier alpha value is -2.82. The lowest BCUT2D eigenvalue weighted by molar-refractivity contribution is 0.102. The maximum absolute atomic E-state index is 12.5. The number of benzene rings is 1. The van der Waals surface area contributed by atoms with Gasteiger partial charge in [0.1, 0.15) is 11.6 Å². The predicted octanol–water partition coefficient (Wildman–Crippen LogP) is 5.04. The van der Waals surface area contributed by atoms with Crippen LogP contribution in [0.5, 0.6) is 5.75 Å². The number of carbonyl (C=O) groups is 1. The van der Waals surface area contributed by atoms with Crippen molar-refractivity contribution < 1.29 is 9.53 Å². The van der Waals surface area contributed by atoms with Crippen LogP contribution < -0.4 is 15.4 Å². The van der Waals surface area contributed by atoms with Crippen LogP contribution in [0.1, 0.15) is 49.4 Å². The molecule has 1 aliphatic rings. The molecular formula is C22H27N3O2. The summed E-state index contributed by atoms with van der Waals surface area (Å²) < 4.78 is 5.41. The highest BCUT2D eigenvalue weighted by atomic mass is 16.5. The Morgan fingerprint density at radius 2 is 2.04 bits per heavy atom. The van der Waals surface area contributed by atoms with Gasteiger partial charge in [-0.05, 0) is 75.4 Å². The van der Waals surface area contributed by atoms with Crippen molar-refractivity contribution in [3.05, 3.63) is 59.8 Å². The topological polar surface area (TPSA) is 63.2 Å². The van der Waals surface area contributed by atoms with E-state index in [0.29, 0.717) is 12.2 Å². The second-order valence-electron chi connectivity index (χ2n) is 6.63. The second kappa shape index (κ2) is 9.76. The van der Waals surface area contributed by atoms with Crippen molar-refractivity contribution in [3.8, 4) is 5.75 Å². The predicted molar refractivity (Wildman–Crippen MR) is 109 cm³/mol. The molecule has 1 aromatic carbocycles. The quantitative estimate of drug-likeness (QED) is 0.644. The summed E-state index contributed by atoms with van der Waals surface area (Å²) in [4.78, 5) is 16.8. The summed E-state index contributed by atoms with van der Waals surface area (Å²) in [5.74, 6) is 1.37. The van der Waals surface area contributed by atoms with Crippen molar-refractivity contribution in [2.24, 2.45) is 0 Å². The molecule has 1 aromatic heterocycles. The van der Waals surface area contributed by atoms with Gasteiger partial charge >= 0.3 is 0 Å². The molecule has 1 heterocycles. The molecule has 0 fully saturated rings. The molecule has 142 valence electrons. The van der Waals surface area contributed by atoms with Gasteiger partial charge in [0.15, 0.2) is 0 Å². The smallest absolute Gasteiger partial charge is 0.255 e. The van der Waals surface area contributed by atoms with Crippen LogP contribution in [0.4, 0.5) is 11.5 Å². The summed E-state index contributed by atoms with van der Waals surface area (Å²) in [7, 11) is 0. The molecule has 0 bridgehead atoms. The molecule has 3 rings (SSSR count). The fourth-order valence-electron chi connectivity index (χ4n) is 3.16. The van der Waals surface area contributed by atoms with Gasteiger partial charge in [-0.2, -0.15) is 0 Å². The zero-order valence-electron chi connectivity index (χ0n) is 15.8. The molecule has 0 unspecified atom stereocenters. The highest BCUT2D eigenvalue weighted by molar-refractivity contribution is 6.04. The minimum Gasteiger partial charge on any atom is -0.494 e. The Balaban J connectivity index is 1.54. The molecule has 27 heavy (non-hydrogen) atoms. The van der Waals surface area contributed by atoms with E-state index in [9.17, 15) is 4.79 Å². The van der Waals surface area contributed by atoms with E-state index in [0.717, 1.165) is 30.2 Å². The molecule has 1 aliphatic carbocycles. The van der Waals surface area contributed by atoms with Crippen LogP contribution in [0.3, 0.4) is 0 Å². The first-order chi connectivity index (χ1) is 13.2. The number of aromatic nitrogens is 1. The van der Waals surface area contributed by atoms with Gasteiger partial charge in [0.05, 0.1) is 6.61 Å². The summed E-state index contributed by atoms with van der Waals surface area (Å²) in [5.41, 5.74) is 2.84. The second-order valence-corrected chi connectivity index (χ2v) is 6.63. The SMILES string of the molecule is CCOc1ccc(NC(=O)c2ccnc(NCCC3=CCCCC3)c2)cc1. The van der Waals surface area contributed by atoms with Gasteiger partial charge in [-0.1, -0.05) is 11.6 Å². The lowest BCUT2D eigenvalue weighted by Crippen LogP contribution is -2.13. The Morgan fingerprint density at radius 3 is 2.78 bits per heavy atom. The van der Waals surface area contributed by atoms with E-state index >= 15 is 0 Å². The lowest BCUT2D eigenvalue weighted by Gasteiger charge is -2.13. The fraction of sp³-hybridized carbons (Fsp3) is 0.364. The summed E-state index contributed by atoms with van der Waals surface area (Å²) >= 11 is 0. The molecule has 0 aliphatic heterocycles. The van der Waals surface area contributed by atoms with E-state index in [1.165, 1.54) is 31.3 Å². The molecule has 0 saturated heterocycles. The molecule has 2 aromatic rings. The molecule has 1 amide bonds.